The highest BCUT2D eigenvalue weighted by atomic mass is 32.2. The number of anilines is 1. The van der Waals surface area contributed by atoms with Crippen molar-refractivity contribution in [3.05, 3.63) is 54.1 Å². The summed E-state index contributed by atoms with van der Waals surface area (Å²) in [6, 6.07) is 14.0. The van der Waals surface area contributed by atoms with Crippen molar-refractivity contribution >= 4 is 29.1 Å². The van der Waals surface area contributed by atoms with Gasteiger partial charge in [0.1, 0.15) is 5.75 Å². The van der Waals surface area contributed by atoms with Crippen LogP contribution in [0.3, 0.4) is 0 Å². The first-order valence-electron chi connectivity index (χ1n) is 8.07. The van der Waals surface area contributed by atoms with Gasteiger partial charge >= 0.3 is 0 Å². The number of carbonyl (C=O) groups is 2. The summed E-state index contributed by atoms with van der Waals surface area (Å²) in [5, 5.41) is 11.0. The lowest BCUT2D eigenvalue weighted by Gasteiger charge is -2.05. The second kappa shape index (κ2) is 8.50. The number of nitrogens with zero attached hydrogens (tertiary/aromatic N) is 2. The number of rotatable bonds is 7. The van der Waals surface area contributed by atoms with Crippen LogP contribution in [0, 0.1) is 0 Å². The maximum Gasteiger partial charge on any atom is 0.277 e. The Kier molecular flexibility index (Phi) is 5.87. The molecule has 3 aromatic rings. The third-order valence-corrected chi connectivity index (χ3v) is 4.44. The lowest BCUT2D eigenvalue weighted by atomic mass is 10.1. The molecule has 7 nitrogen and oxygen atoms in total. The minimum absolute atomic E-state index is 0.0580. The van der Waals surface area contributed by atoms with Crippen LogP contribution in [-0.4, -0.2) is 34.8 Å². The van der Waals surface area contributed by atoms with Gasteiger partial charge in [-0.2, -0.15) is 0 Å². The van der Waals surface area contributed by atoms with E-state index in [4.69, 9.17) is 9.15 Å². The molecule has 2 aromatic carbocycles. The van der Waals surface area contributed by atoms with Crippen LogP contribution in [0.1, 0.15) is 17.3 Å². The van der Waals surface area contributed by atoms with Gasteiger partial charge in [0.25, 0.3) is 5.22 Å². The second-order valence-corrected chi connectivity index (χ2v) is 6.50. The summed E-state index contributed by atoms with van der Waals surface area (Å²) in [7, 11) is 1.60. The molecule has 1 amide bonds. The van der Waals surface area contributed by atoms with Crippen LogP contribution >= 0.6 is 11.8 Å². The van der Waals surface area contributed by atoms with E-state index >= 15 is 0 Å². The van der Waals surface area contributed by atoms with E-state index in [-0.39, 0.29) is 17.4 Å². The number of nitrogens with one attached hydrogen (secondary N) is 1. The Morgan fingerprint density at radius 3 is 2.63 bits per heavy atom. The van der Waals surface area contributed by atoms with E-state index in [0.29, 0.717) is 22.4 Å². The van der Waals surface area contributed by atoms with E-state index in [1.165, 1.54) is 6.92 Å². The number of Topliss-reactive ketones (excluding diaryl/α,β-unsaturated/α-hetero) is 1. The van der Waals surface area contributed by atoms with Gasteiger partial charge in [-0.25, -0.2) is 0 Å². The number of aromatic nitrogens is 2. The first kappa shape index (κ1) is 18.7. The molecule has 1 N–H and O–H groups in total. The Morgan fingerprint density at radius 1 is 1.15 bits per heavy atom. The number of amides is 1. The molecular weight excluding hydrogens is 366 g/mol. The van der Waals surface area contributed by atoms with Gasteiger partial charge in [0.15, 0.2) is 5.78 Å². The van der Waals surface area contributed by atoms with Gasteiger partial charge < -0.3 is 14.5 Å². The fourth-order valence-electron chi connectivity index (χ4n) is 2.26. The van der Waals surface area contributed by atoms with Gasteiger partial charge in [-0.1, -0.05) is 23.9 Å². The minimum Gasteiger partial charge on any atom is -0.497 e. The minimum atomic E-state index is -0.232. The zero-order valence-electron chi connectivity index (χ0n) is 14.8. The van der Waals surface area contributed by atoms with Crippen LogP contribution < -0.4 is 10.1 Å². The zero-order chi connectivity index (χ0) is 19.2. The van der Waals surface area contributed by atoms with E-state index in [0.717, 1.165) is 23.1 Å². The molecule has 0 aliphatic heterocycles. The van der Waals surface area contributed by atoms with Gasteiger partial charge in [0, 0.05) is 16.8 Å². The van der Waals surface area contributed by atoms with Gasteiger partial charge in [-0.3, -0.25) is 9.59 Å². The van der Waals surface area contributed by atoms with Crippen molar-refractivity contribution in [2.24, 2.45) is 0 Å². The fourth-order valence-corrected chi connectivity index (χ4v) is 2.82. The molecule has 0 fully saturated rings. The molecule has 3 rings (SSSR count). The van der Waals surface area contributed by atoms with Crippen LogP contribution in [0.5, 0.6) is 5.75 Å². The largest absolute Gasteiger partial charge is 0.497 e. The van der Waals surface area contributed by atoms with E-state index in [1.54, 1.807) is 43.5 Å². The summed E-state index contributed by atoms with van der Waals surface area (Å²) in [5.74, 6) is 0.921. The van der Waals surface area contributed by atoms with Crippen LogP contribution in [0.15, 0.2) is 58.2 Å². The maximum atomic E-state index is 12.1. The predicted molar refractivity (Wildman–Crippen MR) is 102 cm³/mol. The normalized spacial score (nSPS) is 10.4. The van der Waals surface area contributed by atoms with Crippen molar-refractivity contribution in [1.29, 1.82) is 0 Å². The molecule has 0 aliphatic carbocycles. The van der Waals surface area contributed by atoms with E-state index < -0.39 is 0 Å². The van der Waals surface area contributed by atoms with Crippen molar-refractivity contribution in [2.45, 2.75) is 12.1 Å². The Hall–Kier alpha value is -3.13. The molecule has 0 unspecified atom stereocenters. The zero-order valence-corrected chi connectivity index (χ0v) is 15.6. The summed E-state index contributed by atoms with van der Waals surface area (Å²) in [6.45, 7) is 1.48. The predicted octanol–water partition coefficient (Wildman–Crippen LogP) is 3.68. The number of ketones is 1. The first-order chi connectivity index (χ1) is 13.0. The number of thioether (sulfide) groups is 1. The van der Waals surface area contributed by atoms with Crippen molar-refractivity contribution in [3.63, 3.8) is 0 Å². The number of methoxy groups -OCH3 is 1. The smallest absolute Gasteiger partial charge is 0.277 e. The molecule has 0 radical (unpaired) electrons. The maximum absolute atomic E-state index is 12.1. The molecule has 0 bridgehead atoms. The molecule has 1 heterocycles. The molecular formula is C19H17N3O4S. The lowest BCUT2D eigenvalue weighted by Crippen LogP contribution is -2.14. The number of hydrogen-bond acceptors (Lipinski definition) is 7. The average molecular weight is 383 g/mol. The number of ether oxygens (including phenoxy) is 1. The third kappa shape index (κ3) is 4.95. The van der Waals surface area contributed by atoms with Crippen LogP contribution in [0.2, 0.25) is 0 Å². The van der Waals surface area contributed by atoms with Crippen LogP contribution in [0.4, 0.5) is 5.69 Å². The summed E-state index contributed by atoms with van der Waals surface area (Å²) >= 11 is 1.14. The van der Waals surface area contributed by atoms with E-state index in [2.05, 4.69) is 15.5 Å². The molecule has 138 valence electrons. The number of benzene rings is 2. The second-order valence-electron chi connectivity index (χ2n) is 5.58. The van der Waals surface area contributed by atoms with Gasteiger partial charge in [0.05, 0.1) is 12.9 Å². The van der Waals surface area contributed by atoms with Crippen molar-refractivity contribution in [3.8, 4) is 17.2 Å². The molecule has 0 aliphatic rings. The Labute approximate surface area is 160 Å². The van der Waals surface area contributed by atoms with E-state index in [1.807, 2.05) is 12.1 Å². The molecule has 1 aromatic heterocycles. The highest BCUT2D eigenvalue weighted by molar-refractivity contribution is 7.99. The van der Waals surface area contributed by atoms with Gasteiger partial charge in [-0.15, -0.1) is 10.2 Å². The van der Waals surface area contributed by atoms with Gasteiger partial charge in [-0.05, 0) is 43.3 Å². The van der Waals surface area contributed by atoms with E-state index in [9.17, 15) is 9.59 Å². The SMILES string of the molecule is COc1ccc(-c2nnc(SCC(=O)Nc3cccc(C(C)=O)c3)o2)cc1. The molecule has 0 atom stereocenters. The summed E-state index contributed by atoms with van der Waals surface area (Å²) in [6.07, 6.45) is 0. The van der Waals surface area contributed by atoms with Crippen molar-refractivity contribution in [2.75, 3.05) is 18.2 Å². The number of hydrogen-bond donors (Lipinski definition) is 1. The van der Waals surface area contributed by atoms with Crippen molar-refractivity contribution in [1.82, 2.24) is 10.2 Å². The highest BCUT2D eigenvalue weighted by Gasteiger charge is 2.12. The lowest BCUT2D eigenvalue weighted by molar-refractivity contribution is -0.113. The van der Waals surface area contributed by atoms with Crippen molar-refractivity contribution < 1.29 is 18.7 Å². The fraction of sp³-hybridized carbons (Fsp3) is 0.158. The number of carbonyl (C=O) groups excluding carboxylic acids is 2. The topological polar surface area (TPSA) is 94.3 Å². The summed E-state index contributed by atoms with van der Waals surface area (Å²) < 4.78 is 10.7. The van der Waals surface area contributed by atoms with Crippen LogP contribution in [-0.2, 0) is 4.79 Å². The summed E-state index contributed by atoms with van der Waals surface area (Å²) in [4.78, 5) is 23.5. The van der Waals surface area contributed by atoms with Crippen LogP contribution in [0.25, 0.3) is 11.5 Å². The average Bonchev–Trinajstić information content (AvgIpc) is 3.16. The molecule has 0 saturated carbocycles. The first-order valence-corrected chi connectivity index (χ1v) is 9.05. The monoisotopic (exact) mass is 383 g/mol. The highest BCUT2D eigenvalue weighted by Crippen LogP contribution is 2.25. The van der Waals surface area contributed by atoms with Gasteiger partial charge in [0.2, 0.25) is 11.8 Å². The Balaban J connectivity index is 1.57. The Bertz CT molecular complexity index is 954. The quantitative estimate of drug-likeness (QED) is 0.491. The molecule has 0 saturated heterocycles. The Morgan fingerprint density at radius 2 is 1.93 bits per heavy atom. The standard InChI is InChI=1S/C19H17N3O4S/c1-12(23)14-4-3-5-15(10-14)20-17(24)11-27-19-22-21-18(26-19)13-6-8-16(25-2)9-7-13/h3-10H,11H2,1-2H3,(H,20,24). The molecule has 27 heavy (non-hydrogen) atoms. The summed E-state index contributed by atoms with van der Waals surface area (Å²) in [5.41, 5.74) is 1.87. The molecule has 0 spiro atoms. The molecule has 8 heteroatoms. The third-order valence-electron chi connectivity index (χ3n) is 3.62.